The second-order valence-corrected chi connectivity index (χ2v) is 4.64. The molecule has 0 aliphatic rings. The van der Waals surface area contributed by atoms with E-state index in [1.165, 1.54) is 0 Å². The molecule has 0 N–H and O–H groups in total. The van der Waals surface area contributed by atoms with Gasteiger partial charge >= 0.3 is 0 Å². The Kier molecular flexibility index (Phi) is 5.73. The quantitative estimate of drug-likeness (QED) is 0.444. The fraction of sp³-hybridized carbons (Fsp3) is 0.125. The van der Waals surface area contributed by atoms with Crippen LogP contribution in [0.4, 0.5) is 26.3 Å². The Hall–Kier alpha value is -2.64. The fourth-order valence-electron chi connectivity index (χ4n) is 1.78. The Morgan fingerprint density at radius 2 is 0.875 bits per heavy atom. The number of benzene rings is 2. The number of halogens is 6. The summed E-state index contributed by atoms with van der Waals surface area (Å²) in [6.45, 7) is -0.0611. The van der Waals surface area contributed by atoms with Crippen molar-refractivity contribution in [1.82, 2.24) is 0 Å². The number of rotatable bonds is 5. The first kappa shape index (κ1) is 17.7. The lowest BCUT2D eigenvalue weighted by Gasteiger charge is -2.00. The fourth-order valence-corrected chi connectivity index (χ4v) is 1.78. The third-order valence-electron chi connectivity index (χ3n) is 2.89. The molecular weight excluding hydrogens is 334 g/mol. The van der Waals surface area contributed by atoms with Gasteiger partial charge < -0.3 is 0 Å². The number of hydrogen-bond acceptors (Lipinski definition) is 2. The molecule has 2 nitrogen and oxygen atoms in total. The highest BCUT2D eigenvalue weighted by molar-refractivity contribution is 5.81. The lowest BCUT2D eigenvalue weighted by Crippen LogP contribution is -1.99. The average molecular weight is 344 g/mol. The van der Waals surface area contributed by atoms with Gasteiger partial charge in [-0.25, -0.2) is 26.3 Å². The van der Waals surface area contributed by atoms with Crippen molar-refractivity contribution >= 4 is 12.4 Å². The molecule has 0 heterocycles. The Labute approximate surface area is 133 Å². The number of hydrogen-bond donors (Lipinski definition) is 0. The zero-order chi connectivity index (χ0) is 17.7. The molecule has 2 aromatic rings. The molecule has 126 valence electrons. The highest BCUT2D eigenvalue weighted by atomic mass is 19.2. The second-order valence-electron chi connectivity index (χ2n) is 4.64. The molecule has 0 fully saturated rings. The first-order valence-corrected chi connectivity index (χ1v) is 6.67. The van der Waals surface area contributed by atoms with E-state index in [2.05, 4.69) is 9.98 Å². The van der Waals surface area contributed by atoms with Gasteiger partial charge in [-0.2, -0.15) is 0 Å². The van der Waals surface area contributed by atoms with Crippen LogP contribution in [0.5, 0.6) is 0 Å². The van der Waals surface area contributed by atoms with Crippen molar-refractivity contribution in [1.29, 1.82) is 0 Å². The molecule has 0 amide bonds. The third-order valence-corrected chi connectivity index (χ3v) is 2.89. The van der Waals surface area contributed by atoms with Gasteiger partial charge in [0.05, 0.1) is 24.2 Å². The molecule has 2 rings (SSSR count). The molecule has 8 heteroatoms. The van der Waals surface area contributed by atoms with E-state index >= 15 is 0 Å². The Balaban J connectivity index is 1.96. The van der Waals surface area contributed by atoms with Gasteiger partial charge in [-0.15, -0.1) is 0 Å². The van der Waals surface area contributed by atoms with E-state index in [-0.39, 0.29) is 13.1 Å². The van der Waals surface area contributed by atoms with Crippen LogP contribution >= 0.6 is 0 Å². The van der Waals surface area contributed by atoms with Gasteiger partial charge in [0, 0.05) is 36.7 Å². The summed E-state index contributed by atoms with van der Waals surface area (Å²) in [5, 5.41) is 0. The molecular formula is C16H10F6N2. The maximum absolute atomic E-state index is 13.3. The Morgan fingerprint density at radius 3 is 1.17 bits per heavy atom. The van der Waals surface area contributed by atoms with E-state index in [9.17, 15) is 26.3 Å². The molecule has 0 saturated heterocycles. The van der Waals surface area contributed by atoms with Gasteiger partial charge in [-0.1, -0.05) is 0 Å². The van der Waals surface area contributed by atoms with E-state index < -0.39 is 46.0 Å². The highest BCUT2D eigenvalue weighted by Gasteiger charge is 2.09. The molecule has 0 radical (unpaired) electrons. The van der Waals surface area contributed by atoms with Crippen molar-refractivity contribution in [2.24, 2.45) is 9.98 Å². The van der Waals surface area contributed by atoms with Crippen LogP contribution in [0.3, 0.4) is 0 Å². The average Bonchev–Trinajstić information content (AvgIpc) is 2.46. The molecule has 0 aliphatic heterocycles. The summed E-state index contributed by atoms with van der Waals surface area (Å²) < 4.78 is 78.7. The van der Waals surface area contributed by atoms with Crippen LogP contribution in [-0.2, 0) is 0 Å². The lowest BCUT2D eigenvalue weighted by atomic mass is 10.2. The molecule has 0 saturated carbocycles. The van der Waals surface area contributed by atoms with Crippen LogP contribution in [0, 0.1) is 34.9 Å². The predicted molar refractivity (Wildman–Crippen MR) is 77.6 cm³/mol. The minimum Gasteiger partial charge on any atom is -0.290 e. The predicted octanol–water partition coefficient (Wildman–Crippen LogP) is 4.06. The smallest absolute Gasteiger partial charge is 0.137 e. The molecule has 0 aromatic heterocycles. The van der Waals surface area contributed by atoms with Crippen LogP contribution < -0.4 is 0 Å². The van der Waals surface area contributed by atoms with E-state index in [1.54, 1.807) is 0 Å². The van der Waals surface area contributed by atoms with Gasteiger partial charge in [-0.3, -0.25) is 9.98 Å². The summed E-state index contributed by atoms with van der Waals surface area (Å²) in [7, 11) is 0. The number of nitrogens with zero attached hydrogens (tertiary/aromatic N) is 2. The molecule has 2 aromatic carbocycles. The summed E-state index contributed by atoms with van der Waals surface area (Å²) in [4.78, 5) is 7.39. The second kappa shape index (κ2) is 7.76. The van der Waals surface area contributed by atoms with E-state index in [4.69, 9.17) is 0 Å². The van der Waals surface area contributed by atoms with E-state index in [0.717, 1.165) is 12.4 Å². The van der Waals surface area contributed by atoms with Crippen LogP contribution in [0.25, 0.3) is 0 Å². The largest absolute Gasteiger partial charge is 0.290 e. The molecule has 0 aliphatic carbocycles. The minimum absolute atomic E-state index is 0.0306. The zero-order valence-electron chi connectivity index (χ0n) is 12.0. The normalized spacial score (nSPS) is 11.8. The van der Waals surface area contributed by atoms with Crippen molar-refractivity contribution in [2.45, 2.75) is 0 Å². The topological polar surface area (TPSA) is 24.7 Å². The van der Waals surface area contributed by atoms with Crippen molar-refractivity contribution in [2.75, 3.05) is 13.1 Å². The molecule has 0 unspecified atom stereocenters. The first-order valence-electron chi connectivity index (χ1n) is 6.67. The summed E-state index contributed by atoms with van der Waals surface area (Å²) in [5.41, 5.74) is -1.01. The van der Waals surface area contributed by atoms with E-state index in [1.807, 2.05) is 0 Å². The van der Waals surface area contributed by atoms with Crippen LogP contribution in [-0.4, -0.2) is 25.5 Å². The Morgan fingerprint density at radius 1 is 0.583 bits per heavy atom. The SMILES string of the molecule is Fc1cc(F)c(/C=N/CC/N=C/c2c(F)cc(F)cc2F)c(F)c1. The van der Waals surface area contributed by atoms with Crippen molar-refractivity contribution in [3.8, 4) is 0 Å². The van der Waals surface area contributed by atoms with Crippen LogP contribution in [0.2, 0.25) is 0 Å². The van der Waals surface area contributed by atoms with Gasteiger partial charge in [0.25, 0.3) is 0 Å². The highest BCUT2D eigenvalue weighted by Crippen LogP contribution is 2.13. The molecule has 0 spiro atoms. The number of aliphatic imine (C=N–C) groups is 2. The van der Waals surface area contributed by atoms with Crippen molar-refractivity contribution in [3.63, 3.8) is 0 Å². The van der Waals surface area contributed by atoms with Gasteiger partial charge in [0.1, 0.15) is 34.9 Å². The van der Waals surface area contributed by atoms with Gasteiger partial charge in [-0.05, 0) is 0 Å². The summed E-state index contributed by atoms with van der Waals surface area (Å²) in [6, 6.07) is 2.07. The van der Waals surface area contributed by atoms with Crippen molar-refractivity contribution in [3.05, 3.63) is 70.3 Å². The maximum atomic E-state index is 13.3. The molecule has 0 atom stereocenters. The zero-order valence-corrected chi connectivity index (χ0v) is 12.0. The summed E-state index contributed by atoms with van der Waals surface area (Å²) in [6.07, 6.45) is 1.75. The van der Waals surface area contributed by atoms with E-state index in [0.29, 0.717) is 24.3 Å². The van der Waals surface area contributed by atoms with Gasteiger partial charge in [0.15, 0.2) is 0 Å². The van der Waals surface area contributed by atoms with Crippen molar-refractivity contribution < 1.29 is 26.3 Å². The summed E-state index contributed by atoms with van der Waals surface area (Å²) >= 11 is 0. The summed E-state index contributed by atoms with van der Waals surface area (Å²) in [5.74, 6) is -6.50. The van der Waals surface area contributed by atoms with Gasteiger partial charge in [0.2, 0.25) is 0 Å². The van der Waals surface area contributed by atoms with Crippen LogP contribution in [0.1, 0.15) is 11.1 Å². The lowest BCUT2D eigenvalue weighted by molar-refractivity contribution is 0.540. The third kappa shape index (κ3) is 4.43. The molecule has 24 heavy (non-hydrogen) atoms. The van der Waals surface area contributed by atoms with Crippen LogP contribution in [0.15, 0.2) is 34.3 Å². The maximum Gasteiger partial charge on any atom is 0.137 e. The Bertz CT molecular complexity index is 688. The minimum atomic E-state index is -1.10. The first-order chi connectivity index (χ1) is 11.4. The monoisotopic (exact) mass is 344 g/mol. The molecule has 0 bridgehead atoms. The standard InChI is InChI=1S/C16H10F6N2/c17-9-3-13(19)11(14(20)4-9)7-23-1-2-24-8-12-15(21)5-10(18)6-16(12)22/h3-8H,1-2H2/b23-7+,24-8+.